The quantitative estimate of drug-likeness (QED) is 0.786. The number of rotatable bonds is 3. The Bertz CT molecular complexity index is 370. The van der Waals surface area contributed by atoms with Crippen LogP contribution in [0, 0.1) is 0 Å². The predicted octanol–water partition coefficient (Wildman–Crippen LogP) is 1.40. The van der Waals surface area contributed by atoms with Crippen LogP contribution in [0.15, 0.2) is 18.2 Å². The van der Waals surface area contributed by atoms with Gasteiger partial charge >= 0.3 is 0 Å². The Labute approximate surface area is 90.5 Å². The van der Waals surface area contributed by atoms with Crippen LogP contribution in [0.1, 0.15) is 24.0 Å². The van der Waals surface area contributed by atoms with Crippen molar-refractivity contribution in [3.8, 4) is 5.75 Å². The molecule has 3 nitrogen and oxygen atoms in total. The molecule has 0 saturated heterocycles. The average Bonchev–Trinajstić information content (AvgIpc) is 2.88. The molecule has 0 aromatic heterocycles. The molecule has 1 aromatic carbocycles. The second-order valence-electron chi connectivity index (χ2n) is 4.74. The summed E-state index contributed by atoms with van der Waals surface area (Å²) in [6.45, 7) is 0.746. The lowest BCUT2D eigenvalue weighted by molar-refractivity contribution is 0.385. The van der Waals surface area contributed by atoms with Gasteiger partial charge in [0.05, 0.1) is 0 Å². The average molecular weight is 206 g/mol. The van der Waals surface area contributed by atoms with Gasteiger partial charge < -0.3 is 15.7 Å². The Kier molecular flexibility index (Phi) is 2.44. The smallest absolute Gasteiger partial charge is 0.120 e. The molecule has 1 aliphatic rings. The number of nitrogens with two attached hydrogens (primary N) is 1. The first-order valence-corrected chi connectivity index (χ1v) is 5.27. The topological polar surface area (TPSA) is 49.5 Å². The van der Waals surface area contributed by atoms with Gasteiger partial charge in [0.1, 0.15) is 5.75 Å². The van der Waals surface area contributed by atoms with Gasteiger partial charge in [-0.25, -0.2) is 0 Å². The lowest BCUT2D eigenvalue weighted by Crippen LogP contribution is -2.19. The maximum Gasteiger partial charge on any atom is 0.120 e. The van der Waals surface area contributed by atoms with Crippen LogP contribution >= 0.6 is 0 Å². The maximum atomic E-state index is 9.70. The highest BCUT2D eigenvalue weighted by molar-refractivity contribution is 5.40. The third-order valence-corrected chi connectivity index (χ3v) is 2.93. The minimum absolute atomic E-state index is 0.116. The van der Waals surface area contributed by atoms with Crippen LogP contribution in [-0.2, 0) is 12.1 Å². The fourth-order valence-electron chi connectivity index (χ4n) is 1.79. The predicted molar refractivity (Wildman–Crippen MR) is 60.6 cm³/mol. The summed E-state index contributed by atoms with van der Waals surface area (Å²) < 4.78 is 0. The van der Waals surface area contributed by atoms with Crippen LogP contribution < -0.4 is 5.73 Å². The number of phenolic OH excluding ortho intramolecular Hbond substituents is 1. The van der Waals surface area contributed by atoms with E-state index < -0.39 is 0 Å². The number of hydrogen-bond donors (Lipinski definition) is 2. The largest absolute Gasteiger partial charge is 0.508 e. The third kappa shape index (κ3) is 2.13. The first-order valence-electron chi connectivity index (χ1n) is 5.27. The number of aromatic hydroxyl groups is 1. The van der Waals surface area contributed by atoms with Gasteiger partial charge in [-0.05, 0) is 44.6 Å². The highest BCUT2D eigenvalue weighted by Gasteiger charge is 2.40. The normalized spacial score (nSPS) is 18.1. The summed E-state index contributed by atoms with van der Waals surface area (Å²) in [5.74, 6) is 0.358. The number of benzene rings is 1. The molecule has 0 atom stereocenters. The van der Waals surface area contributed by atoms with E-state index in [2.05, 4.69) is 0 Å². The van der Waals surface area contributed by atoms with E-state index in [0.717, 1.165) is 30.5 Å². The van der Waals surface area contributed by atoms with E-state index in [0.29, 0.717) is 5.75 Å². The second-order valence-corrected chi connectivity index (χ2v) is 4.74. The number of phenols is 1. The molecule has 0 bridgehead atoms. The summed E-state index contributed by atoms with van der Waals surface area (Å²) >= 11 is 0. The molecule has 0 amide bonds. The van der Waals surface area contributed by atoms with Crippen LogP contribution in [0.5, 0.6) is 5.75 Å². The van der Waals surface area contributed by atoms with Gasteiger partial charge in [0.2, 0.25) is 0 Å². The third-order valence-electron chi connectivity index (χ3n) is 2.93. The van der Waals surface area contributed by atoms with E-state index >= 15 is 0 Å². The van der Waals surface area contributed by atoms with Crippen LogP contribution in [0.3, 0.4) is 0 Å². The zero-order valence-electron chi connectivity index (χ0n) is 9.33. The molecule has 82 valence electrons. The van der Waals surface area contributed by atoms with Crippen LogP contribution in [0.25, 0.3) is 0 Å². The molecule has 1 aliphatic carbocycles. The molecule has 0 heterocycles. The van der Waals surface area contributed by atoms with E-state index in [-0.39, 0.29) is 5.54 Å². The van der Waals surface area contributed by atoms with Gasteiger partial charge in [0.25, 0.3) is 0 Å². The summed E-state index contributed by atoms with van der Waals surface area (Å²) in [5, 5.41) is 9.70. The standard InChI is InChI=1S/C12H18N2O/c1-14(2)8-9-7-10(3-4-11(9)15)12(13)5-6-12/h3-4,7,15H,5-6,8,13H2,1-2H3. The fourth-order valence-corrected chi connectivity index (χ4v) is 1.79. The van der Waals surface area contributed by atoms with E-state index in [4.69, 9.17) is 5.73 Å². The SMILES string of the molecule is CN(C)Cc1cc(C2(N)CC2)ccc1O. The second kappa shape index (κ2) is 3.51. The zero-order chi connectivity index (χ0) is 11.1. The molecule has 1 aromatic rings. The van der Waals surface area contributed by atoms with Crippen LogP contribution in [-0.4, -0.2) is 24.1 Å². The maximum absolute atomic E-state index is 9.70. The number of hydrogen-bond acceptors (Lipinski definition) is 3. The Balaban J connectivity index is 2.28. The van der Waals surface area contributed by atoms with E-state index in [1.54, 1.807) is 6.07 Å². The van der Waals surface area contributed by atoms with Crippen molar-refractivity contribution in [2.45, 2.75) is 24.9 Å². The van der Waals surface area contributed by atoms with Crippen LogP contribution in [0.4, 0.5) is 0 Å². The Morgan fingerprint density at radius 3 is 2.60 bits per heavy atom. The fraction of sp³-hybridized carbons (Fsp3) is 0.500. The van der Waals surface area contributed by atoms with Gasteiger partial charge in [-0.1, -0.05) is 6.07 Å². The summed E-state index contributed by atoms with van der Waals surface area (Å²) in [6, 6.07) is 5.71. The van der Waals surface area contributed by atoms with E-state index in [1.165, 1.54) is 0 Å². The molecule has 0 spiro atoms. The van der Waals surface area contributed by atoms with Crippen molar-refractivity contribution in [3.05, 3.63) is 29.3 Å². The zero-order valence-corrected chi connectivity index (χ0v) is 9.33. The molecule has 3 heteroatoms. The highest BCUT2D eigenvalue weighted by Crippen LogP contribution is 2.43. The molecule has 3 N–H and O–H groups in total. The van der Waals surface area contributed by atoms with Crippen molar-refractivity contribution in [2.24, 2.45) is 5.73 Å². The van der Waals surface area contributed by atoms with Gasteiger partial charge in [-0.3, -0.25) is 0 Å². The van der Waals surface area contributed by atoms with E-state index in [1.807, 2.05) is 31.1 Å². The summed E-state index contributed by atoms with van der Waals surface area (Å²) in [7, 11) is 3.98. The molecular weight excluding hydrogens is 188 g/mol. The lowest BCUT2D eigenvalue weighted by atomic mass is 10.0. The van der Waals surface area contributed by atoms with Crippen molar-refractivity contribution in [3.63, 3.8) is 0 Å². The highest BCUT2D eigenvalue weighted by atomic mass is 16.3. The van der Waals surface area contributed by atoms with Gasteiger partial charge in [-0.2, -0.15) is 0 Å². The summed E-state index contributed by atoms with van der Waals surface area (Å²) in [5.41, 5.74) is 8.11. The van der Waals surface area contributed by atoms with Crippen molar-refractivity contribution >= 4 is 0 Å². The molecule has 1 fully saturated rings. The molecule has 15 heavy (non-hydrogen) atoms. The summed E-state index contributed by atoms with van der Waals surface area (Å²) in [4.78, 5) is 2.04. The molecular formula is C12H18N2O. The monoisotopic (exact) mass is 206 g/mol. The lowest BCUT2D eigenvalue weighted by Gasteiger charge is -2.15. The van der Waals surface area contributed by atoms with Gasteiger partial charge in [0.15, 0.2) is 0 Å². The summed E-state index contributed by atoms with van der Waals surface area (Å²) in [6.07, 6.45) is 2.11. The van der Waals surface area contributed by atoms with Gasteiger partial charge in [0, 0.05) is 17.6 Å². The minimum Gasteiger partial charge on any atom is -0.508 e. The van der Waals surface area contributed by atoms with Crippen molar-refractivity contribution in [2.75, 3.05) is 14.1 Å². The minimum atomic E-state index is -0.116. The molecule has 0 aliphatic heterocycles. The first kappa shape index (κ1) is 10.5. The van der Waals surface area contributed by atoms with Crippen molar-refractivity contribution in [1.82, 2.24) is 4.90 Å². The molecule has 0 radical (unpaired) electrons. The molecule has 1 saturated carbocycles. The first-order chi connectivity index (χ1) is 7.01. The van der Waals surface area contributed by atoms with E-state index in [9.17, 15) is 5.11 Å². The van der Waals surface area contributed by atoms with Crippen molar-refractivity contribution < 1.29 is 5.11 Å². The van der Waals surface area contributed by atoms with Crippen molar-refractivity contribution in [1.29, 1.82) is 0 Å². The molecule has 2 rings (SSSR count). The molecule has 0 unspecified atom stereocenters. The Morgan fingerprint density at radius 1 is 1.40 bits per heavy atom. The Hall–Kier alpha value is -1.06. The van der Waals surface area contributed by atoms with Crippen LogP contribution in [0.2, 0.25) is 0 Å². The number of nitrogens with zero attached hydrogens (tertiary/aromatic N) is 1. The van der Waals surface area contributed by atoms with Gasteiger partial charge in [-0.15, -0.1) is 0 Å². The Morgan fingerprint density at radius 2 is 2.07 bits per heavy atom.